The van der Waals surface area contributed by atoms with Crippen LogP contribution in [0.1, 0.15) is 26.4 Å². The average Bonchev–Trinajstić information content (AvgIpc) is 2.79. The van der Waals surface area contributed by atoms with Crippen LogP contribution in [0.15, 0.2) is 29.9 Å². The lowest BCUT2D eigenvalue weighted by atomic mass is 10.1. The predicted molar refractivity (Wildman–Crippen MR) is 80.6 cm³/mol. The zero-order chi connectivity index (χ0) is 15.4. The first-order valence-electron chi connectivity index (χ1n) is 6.46. The summed E-state index contributed by atoms with van der Waals surface area (Å²) in [5.74, 6) is -1.40. The second-order valence-electron chi connectivity index (χ2n) is 4.75. The van der Waals surface area contributed by atoms with Gasteiger partial charge in [-0.25, -0.2) is 4.79 Å². The molecule has 1 amide bonds. The van der Waals surface area contributed by atoms with Crippen LogP contribution in [0, 0.1) is 13.8 Å². The number of thiophene rings is 1. The fraction of sp³-hybridized carbons (Fsp3) is 0.267. The Hall–Kier alpha value is -2.21. The fourth-order valence-corrected chi connectivity index (χ4v) is 2.79. The molecule has 0 saturated heterocycles. The Kier molecular flexibility index (Phi) is 4.70. The van der Waals surface area contributed by atoms with E-state index in [4.69, 9.17) is 0 Å². The van der Waals surface area contributed by atoms with Crippen molar-refractivity contribution in [2.75, 3.05) is 0 Å². The normalized spacial score (nSPS) is 11.9. The van der Waals surface area contributed by atoms with Gasteiger partial charge in [-0.3, -0.25) is 9.78 Å². The SMILES string of the molecule is Cc1scc(C(=O)NC(Cc2ccncc2)C(=O)O)c1C. The minimum Gasteiger partial charge on any atom is -0.480 e. The first-order chi connectivity index (χ1) is 9.99. The fourth-order valence-electron chi connectivity index (χ4n) is 1.93. The third-order valence-electron chi connectivity index (χ3n) is 3.32. The van der Waals surface area contributed by atoms with Crippen molar-refractivity contribution in [2.24, 2.45) is 0 Å². The van der Waals surface area contributed by atoms with Crippen molar-refractivity contribution in [3.8, 4) is 0 Å². The first kappa shape index (κ1) is 15.2. The van der Waals surface area contributed by atoms with E-state index in [-0.39, 0.29) is 12.3 Å². The minimum absolute atomic E-state index is 0.228. The van der Waals surface area contributed by atoms with E-state index in [2.05, 4.69) is 10.3 Å². The van der Waals surface area contributed by atoms with Gasteiger partial charge in [-0.15, -0.1) is 11.3 Å². The van der Waals surface area contributed by atoms with Crippen LogP contribution < -0.4 is 5.32 Å². The van der Waals surface area contributed by atoms with Crippen molar-refractivity contribution in [1.82, 2.24) is 10.3 Å². The van der Waals surface area contributed by atoms with Crippen LogP contribution in [0.2, 0.25) is 0 Å². The number of nitrogens with zero attached hydrogens (tertiary/aromatic N) is 1. The zero-order valence-electron chi connectivity index (χ0n) is 11.8. The van der Waals surface area contributed by atoms with Crippen LogP contribution in [-0.4, -0.2) is 28.0 Å². The van der Waals surface area contributed by atoms with E-state index >= 15 is 0 Å². The largest absolute Gasteiger partial charge is 0.480 e. The second kappa shape index (κ2) is 6.49. The Labute approximate surface area is 126 Å². The number of carbonyl (C=O) groups excluding carboxylic acids is 1. The Bertz CT molecular complexity index is 652. The topological polar surface area (TPSA) is 79.3 Å². The van der Waals surface area contributed by atoms with Crippen molar-refractivity contribution in [2.45, 2.75) is 26.3 Å². The van der Waals surface area contributed by atoms with Crippen molar-refractivity contribution < 1.29 is 14.7 Å². The van der Waals surface area contributed by atoms with Crippen LogP contribution >= 0.6 is 11.3 Å². The number of carboxylic acids is 1. The lowest BCUT2D eigenvalue weighted by Crippen LogP contribution is -2.42. The lowest BCUT2D eigenvalue weighted by molar-refractivity contribution is -0.139. The number of aliphatic carboxylic acids is 1. The number of nitrogens with one attached hydrogen (secondary N) is 1. The molecule has 1 atom stereocenters. The molecule has 21 heavy (non-hydrogen) atoms. The molecule has 0 radical (unpaired) electrons. The maximum atomic E-state index is 12.2. The molecular formula is C15H16N2O3S. The number of carbonyl (C=O) groups is 2. The number of hydrogen-bond donors (Lipinski definition) is 2. The summed E-state index contributed by atoms with van der Waals surface area (Å²) in [5, 5.41) is 13.6. The van der Waals surface area contributed by atoms with E-state index in [1.165, 1.54) is 11.3 Å². The van der Waals surface area contributed by atoms with Crippen molar-refractivity contribution in [1.29, 1.82) is 0 Å². The van der Waals surface area contributed by atoms with Gasteiger partial charge in [0.15, 0.2) is 0 Å². The minimum atomic E-state index is -1.05. The zero-order valence-corrected chi connectivity index (χ0v) is 12.6. The second-order valence-corrected chi connectivity index (χ2v) is 5.84. The van der Waals surface area contributed by atoms with Crippen molar-refractivity contribution >= 4 is 23.2 Å². The van der Waals surface area contributed by atoms with Gasteiger partial charge in [-0.05, 0) is 37.1 Å². The molecule has 0 fully saturated rings. The van der Waals surface area contributed by atoms with Crippen LogP contribution in [0.5, 0.6) is 0 Å². The quantitative estimate of drug-likeness (QED) is 0.887. The number of amides is 1. The monoisotopic (exact) mass is 304 g/mol. The van der Waals surface area contributed by atoms with E-state index in [9.17, 15) is 14.7 Å². The van der Waals surface area contributed by atoms with Crippen LogP contribution in [-0.2, 0) is 11.2 Å². The molecule has 6 heteroatoms. The molecule has 0 saturated carbocycles. The number of carboxylic acid groups (broad SMARTS) is 1. The predicted octanol–water partition coefficient (Wildman–Crippen LogP) is 2.19. The van der Waals surface area contributed by atoms with Gasteiger partial charge in [0, 0.05) is 29.1 Å². The maximum absolute atomic E-state index is 12.2. The molecule has 0 spiro atoms. The van der Waals surface area contributed by atoms with Gasteiger partial charge in [0.2, 0.25) is 0 Å². The summed E-state index contributed by atoms with van der Waals surface area (Å²) in [6.45, 7) is 3.79. The molecule has 2 N–H and O–H groups in total. The molecule has 2 aromatic rings. The summed E-state index contributed by atoms with van der Waals surface area (Å²) in [7, 11) is 0. The molecule has 110 valence electrons. The molecule has 2 aromatic heterocycles. The molecule has 0 aliphatic carbocycles. The molecule has 1 unspecified atom stereocenters. The number of aryl methyl sites for hydroxylation is 1. The summed E-state index contributed by atoms with van der Waals surface area (Å²) in [4.78, 5) is 28.5. The van der Waals surface area contributed by atoms with Crippen molar-refractivity contribution in [3.63, 3.8) is 0 Å². The molecule has 2 heterocycles. The molecule has 0 bridgehead atoms. The van der Waals surface area contributed by atoms with Gasteiger partial charge in [0.05, 0.1) is 5.56 Å². The van der Waals surface area contributed by atoms with Gasteiger partial charge in [0.25, 0.3) is 5.91 Å². The third-order valence-corrected chi connectivity index (χ3v) is 4.34. The number of rotatable bonds is 5. The van der Waals surface area contributed by atoms with Gasteiger partial charge >= 0.3 is 5.97 Å². The first-order valence-corrected chi connectivity index (χ1v) is 7.34. The van der Waals surface area contributed by atoms with Crippen LogP contribution in [0.3, 0.4) is 0 Å². The summed E-state index contributed by atoms with van der Waals surface area (Å²) in [5.41, 5.74) is 2.25. The molecule has 2 rings (SSSR count). The van der Waals surface area contributed by atoms with E-state index in [1.807, 2.05) is 13.8 Å². The van der Waals surface area contributed by atoms with Gasteiger partial charge < -0.3 is 10.4 Å². The highest BCUT2D eigenvalue weighted by molar-refractivity contribution is 7.10. The molecule has 5 nitrogen and oxygen atoms in total. The van der Waals surface area contributed by atoms with Crippen molar-refractivity contribution in [3.05, 3.63) is 51.5 Å². The highest BCUT2D eigenvalue weighted by Crippen LogP contribution is 2.20. The summed E-state index contributed by atoms with van der Waals surface area (Å²) < 4.78 is 0. The summed E-state index contributed by atoms with van der Waals surface area (Å²) in [6, 6.07) is 2.52. The Balaban J connectivity index is 2.11. The van der Waals surface area contributed by atoms with Crippen LogP contribution in [0.4, 0.5) is 0 Å². The standard InChI is InChI=1S/C15H16N2O3S/c1-9-10(2)21-8-12(9)14(18)17-13(15(19)20)7-11-3-5-16-6-4-11/h3-6,8,13H,7H2,1-2H3,(H,17,18)(H,19,20). The third kappa shape index (κ3) is 3.66. The van der Waals surface area contributed by atoms with E-state index < -0.39 is 12.0 Å². The lowest BCUT2D eigenvalue weighted by Gasteiger charge is -2.14. The van der Waals surface area contributed by atoms with Gasteiger partial charge in [0.1, 0.15) is 6.04 Å². The highest BCUT2D eigenvalue weighted by Gasteiger charge is 2.22. The molecular weight excluding hydrogens is 288 g/mol. The average molecular weight is 304 g/mol. The van der Waals surface area contributed by atoms with Crippen LogP contribution in [0.25, 0.3) is 0 Å². The molecule has 0 aliphatic heterocycles. The van der Waals surface area contributed by atoms with E-state index in [0.717, 1.165) is 16.0 Å². The van der Waals surface area contributed by atoms with E-state index in [0.29, 0.717) is 5.56 Å². The Morgan fingerprint density at radius 3 is 2.52 bits per heavy atom. The Morgan fingerprint density at radius 2 is 2.00 bits per heavy atom. The number of hydrogen-bond acceptors (Lipinski definition) is 4. The van der Waals surface area contributed by atoms with Gasteiger partial charge in [-0.2, -0.15) is 0 Å². The molecule has 0 aliphatic rings. The summed E-state index contributed by atoms with van der Waals surface area (Å²) >= 11 is 1.48. The smallest absolute Gasteiger partial charge is 0.326 e. The summed E-state index contributed by atoms with van der Waals surface area (Å²) in [6.07, 6.45) is 3.43. The highest BCUT2D eigenvalue weighted by atomic mass is 32.1. The molecule has 0 aromatic carbocycles. The maximum Gasteiger partial charge on any atom is 0.326 e. The Morgan fingerprint density at radius 1 is 1.33 bits per heavy atom. The number of pyridine rings is 1. The van der Waals surface area contributed by atoms with E-state index in [1.54, 1.807) is 29.9 Å². The number of aromatic nitrogens is 1. The van der Waals surface area contributed by atoms with Gasteiger partial charge in [-0.1, -0.05) is 0 Å².